The van der Waals surface area contributed by atoms with Crippen molar-refractivity contribution in [2.24, 2.45) is 7.05 Å². The molecule has 0 aliphatic carbocycles. The molecule has 3 aromatic carbocycles. The van der Waals surface area contributed by atoms with Crippen molar-refractivity contribution < 1.29 is 14.3 Å². The molecule has 9 nitrogen and oxygen atoms in total. The Morgan fingerprint density at radius 1 is 0.953 bits per heavy atom. The van der Waals surface area contributed by atoms with Crippen molar-refractivity contribution in [3.63, 3.8) is 0 Å². The van der Waals surface area contributed by atoms with E-state index in [1.807, 2.05) is 12.1 Å². The van der Waals surface area contributed by atoms with E-state index in [-0.39, 0.29) is 22.0 Å². The summed E-state index contributed by atoms with van der Waals surface area (Å²) in [7, 11) is 1.64. The average molecular weight is 626 g/mol. The van der Waals surface area contributed by atoms with E-state index in [2.05, 4.69) is 17.6 Å². The first-order valence-corrected chi connectivity index (χ1v) is 14.8. The van der Waals surface area contributed by atoms with Gasteiger partial charge in [0.15, 0.2) is 0 Å². The van der Waals surface area contributed by atoms with Crippen molar-refractivity contribution in [2.75, 3.05) is 6.54 Å². The Balaban J connectivity index is 1.62. The van der Waals surface area contributed by atoms with Crippen LogP contribution in [-0.4, -0.2) is 39.7 Å². The minimum atomic E-state index is -1.05. The first-order valence-electron chi connectivity index (χ1n) is 14.0. The van der Waals surface area contributed by atoms with Gasteiger partial charge in [0.1, 0.15) is 6.04 Å². The lowest BCUT2D eigenvalue weighted by Crippen LogP contribution is -2.44. The Bertz CT molecular complexity index is 1740. The highest BCUT2D eigenvalue weighted by molar-refractivity contribution is 6.39. The third-order valence-electron chi connectivity index (χ3n) is 6.86. The molecule has 0 aliphatic rings. The van der Waals surface area contributed by atoms with Gasteiger partial charge in [-0.15, -0.1) is 0 Å². The minimum absolute atomic E-state index is 0.0550. The highest BCUT2D eigenvalue weighted by atomic mass is 35.5. The number of hydrogen-bond acceptors (Lipinski definition) is 6. The van der Waals surface area contributed by atoms with Gasteiger partial charge in [-0.05, 0) is 74.3 Å². The number of fused-ring (bicyclic) bond motifs is 1. The summed E-state index contributed by atoms with van der Waals surface area (Å²) in [5.41, 5.74) is 1.71. The standard InChI is InChI=1S/C32H34Cl2N4O5/c1-5-15-35-18-21-11-14-23-27(17-21)37(4)32(42)38(30(23)40)22-12-9-20(10-13-22)16-26(31(41)43-19(2)3)36-29(39)28-24(33)7-6-8-25(28)34/h6-14,17,19,26,35H,5,15-16,18H2,1-4H3,(H,36,39)/t26-/m0/s1. The molecule has 1 heterocycles. The molecule has 0 saturated carbocycles. The van der Waals surface area contributed by atoms with Crippen LogP contribution in [0.5, 0.6) is 0 Å². The Morgan fingerprint density at radius 2 is 1.60 bits per heavy atom. The van der Waals surface area contributed by atoms with Crippen molar-refractivity contribution in [3.8, 4) is 5.69 Å². The lowest BCUT2D eigenvalue weighted by molar-refractivity contribution is -0.149. The fourth-order valence-electron chi connectivity index (χ4n) is 4.71. The van der Waals surface area contributed by atoms with E-state index < -0.39 is 35.3 Å². The van der Waals surface area contributed by atoms with Crippen molar-refractivity contribution in [2.45, 2.75) is 52.3 Å². The lowest BCUT2D eigenvalue weighted by atomic mass is 10.0. The molecule has 2 N–H and O–H groups in total. The molecule has 0 fully saturated rings. The van der Waals surface area contributed by atoms with Crippen LogP contribution in [0.2, 0.25) is 10.0 Å². The summed E-state index contributed by atoms with van der Waals surface area (Å²) in [5, 5.41) is 6.73. The smallest absolute Gasteiger partial charge is 0.335 e. The molecule has 43 heavy (non-hydrogen) atoms. The number of ether oxygens (including phenoxy) is 1. The predicted octanol–water partition coefficient (Wildman–Crippen LogP) is 4.79. The molecule has 1 amide bonds. The second kappa shape index (κ2) is 14.0. The fraction of sp³-hybridized carbons (Fsp3) is 0.312. The number of benzene rings is 3. The molecule has 0 bridgehead atoms. The molecule has 0 aliphatic heterocycles. The quantitative estimate of drug-likeness (QED) is 0.183. The maximum Gasteiger partial charge on any atom is 0.335 e. The van der Waals surface area contributed by atoms with Gasteiger partial charge in [-0.1, -0.05) is 54.4 Å². The van der Waals surface area contributed by atoms with Crippen LogP contribution in [0.1, 0.15) is 48.7 Å². The number of halogens is 2. The van der Waals surface area contributed by atoms with Crippen LogP contribution in [0.3, 0.4) is 0 Å². The van der Waals surface area contributed by atoms with E-state index in [0.717, 1.165) is 23.1 Å². The fourth-order valence-corrected chi connectivity index (χ4v) is 5.28. The van der Waals surface area contributed by atoms with Crippen LogP contribution in [0.25, 0.3) is 16.6 Å². The molecule has 11 heteroatoms. The van der Waals surface area contributed by atoms with Gasteiger partial charge in [-0.25, -0.2) is 14.2 Å². The largest absolute Gasteiger partial charge is 0.461 e. The second-order valence-electron chi connectivity index (χ2n) is 10.5. The number of carbonyl (C=O) groups excluding carboxylic acids is 2. The summed E-state index contributed by atoms with van der Waals surface area (Å²) in [5.74, 6) is -1.24. The van der Waals surface area contributed by atoms with E-state index >= 15 is 0 Å². The zero-order valence-electron chi connectivity index (χ0n) is 24.4. The minimum Gasteiger partial charge on any atom is -0.461 e. The molecule has 1 atom stereocenters. The summed E-state index contributed by atoms with van der Waals surface area (Å²) < 4.78 is 7.96. The van der Waals surface area contributed by atoms with E-state index in [0.29, 0.717) is 28.7 Å². The monoisotopic (exact) mass is 624 g/mol. The Labute approximate surface area is 259 Å². The maximum atomic E-state index is 13.4. The second-order valence-corrected chi connectivity index (χ2v) is 11.3. The first-order chi connectivity index (χ1) is 20.5. The van der Waals surface area contributed by atoms with E-state index in [9.17, 15) is 19.2 Å². The third-order valence-corrected chi connectivity index (χ3v) is 7.49. The molecule has 0 unspecified atom stereocenters. The molecule has 4 aromatic rings. The number of nitrogens with zero attached hydrogens (tertiary/aromatic N) is 2. The van der Waals surface area contributed by atoms with Crippen LogP contribution >= 0.6 is 23.2 Å². The number of esters is 1. The predicted molar refractivity (Wildman–Crippen MR) is 169 cm³/mol. The normalized spacial score (nSPS) is 12.0. The van der Waals surface area contributed by atoms with Crippen molar-refractivity contribution >= 4 is 46.0 Å². The van der Waals surface area contributed by atoms with Crippen LogP contribution in [0, 0.1) is 0 Å². The highest BCUT2D eigenvalue weighted by Crippen LogP contribution is 2.24. The van der Waals surface area contributed by atoms with Gasteiger partial charge in [0, 0.05) is 20.0 Å². The molecule has 4 rings (SSSR count). The SMILES string of the molecule is CCCNCc1ccc2c(=O)n(-c3ccc(C[C@H](NC(=O)c4c(Cl)cccc4Cl)C(=O)OC(C)C)cc3)c(=O)n(C)c2c1. The zero-order chi connectivity index (χ0) is 31.3. The van der Waals surface area contributed by atoms with Crippen LogP contribution in [0.4, 0.5) is 0 Å². The number of amides is 1. The van der Waals surface area contributed by atoms with Crippen molar-refractivity contribution in [1.82, 2.24) is 19.8 Å². The molecule has 0 radical (unpaired) electrons. The van der Waals surface area contributed by atoms with Crippen LogP contribution in [0.15, 0.2) is 70.3 Å². The average Bonchev–Trinajstić information content (AvgIpc) is 2.96. The number of aromatic nitrogens is 2. The molecule has 226 valence electrons. The van der Waals surface area contributed by atoms with Gasteiger partial charge in [0.05, 0.1) is 38.3 Å². The van der Waals surface area contributed by atoms with Gasteiger partial charge >= 0.3 is 11.7 Å². The summed E-state index contributed by atoms with van der Waals surface area (Å²) in [4.78, 5) is 52.8. The summed E-state index contributed by atoms with van der Waals surface area (Å²) in [6.07, 6.45) is 0.682. The number of nitrogens with one attached hydrogen (secondary N) is 2. The van der Waals surface area contributed by atoms with Gasteiger partial charge in [-0.2, -0.15) is 0 Å². The lowest BCUT2D eigenvalue weighted by Gasteiger charge is -2.20. The molecule has 0 spiro atoms. The Kier molecular flexibility index (Phi) is 10.4. The Hall–Kier alpha value is -3.92. The number of hydrogen-bond donors (Lipinski definition) is 2. The highest BCUT2D eigenvalue weighted by Gasteiger charge is 2.26. The van der Waals surface area contributed by atoms with Gasteiger partial charge in [0.25, 0.3) is 11.5 Å². The van der Waals surface area contributed by atoms with E-state index in [1.54, 1.807) is 57.3 Å². The molecule has 1 aromatic heterocycles. The summed E-state index contributed by atoms with van der Waals surface area (Å²) in [6.45, 7) is 7.02. The topological polar surface area (TPSA) is 111 Å². The molecular formula is C32H34Cl2N4O5. The number of rotatable bonds is 11. The van der Waals surface area contributed by atoms with Crippen molar-refractivity contribution in [3.05, 3.63) is 108 Å². The molecular weight excluding hydrogens is 591 g/mol. The maximum absolute atomic E-state index is 13.4. The first kappa shape index (κ1) is 32.0. The zero-order valence-corrected chi connectivity index (χ0v) is 26.0. The van der Waals surface area contributed by atoms with Crippen LogP contribution in [-0.2, 0) is 29.5 Å². The summed E-state index contributed by atoms with van der Waals surface area (Å²) >= 11 is 12.4. The van der Waals surface area contributed by atoms with E-state index in [1.165, 1.54) is 16.7 Å². The van der Waals surface area contributed by atoms with Crippen molar-refractivity contribution in [1.29, 1.82) is 0 Å². The van der Waals surface area contributed by atoms with Gasteiger partial charge in [0.2, 0.25) is 0 Å². The van der Waals surface area contributed by atoms with E-state index in [4.69, 9.17) is 27.9 Å². The Morgan fingerprint density at radius 3 is 2.23 bits per heavy atom. The van der Waals surface area contributed by atoms with Gasteiger partial charge < -0.3 is 15.4 Å². The van der Waals surface area contributed by atoms with Gasteiger partial charge in [-0.3, -0.25) is 14.2 Å². The number of carbonyl (C=O) groups is 2. The summed E-state index contributed by atoms with van der Waals surface area (Å²) in [6, 6.07) is 15.8. The van der Waals surface area contributed by atoms with Crippen LogP contribution < -0.4 is 21.9 Å². The number of aryl methyl sites for hydroxylation is 1. The molecule has 0 saturated heterocycles. The third kappa shape index (κ3) is 7.36.